The zero-order chi connectivity index (χ0) is 24.0. The van der Waals surface area contributed by atoms with Crippen LogP contribution in [0.15, 0.2) is 77.7 Å². The van der Waals surface area contributed by atoms with Crippen LogP contribution in [0.5, 0.6) is 5.75 Å². The van der Waals surface area contributed by atoms with E-state index >= 15 is 0 Å². The molecule has 0 unspecified atom stereocenters. The lowest BCUT2D eigenvalue weighted by molar-refractivity contribution is -0.118. The van der Waals surface area contributed by atoms with Crippen molar-refractivity contribution in [2.45, 2.75) is 32.2 Å². The van der Waals surface area contributed by atoms with Gasteiger partial charge in [-0.15, -0.1) is 0 Å². The van der Waals surface area contributed by atoms with Crippen molar-refractivity contribution < 1.29 is 17.9 Å². The molecule has 3 aromatic carbocycles. The van der Waals surface area contributed by atoms with Crippen LogP contribution in [-0.2, 0) is 21.4 Å². The summed E-state index contributed by atoms with van der Waals surface area (Å²) in [6.45, 7) is 6.15. The van der Waals surface area contributed by atoms with E-state index < -0.39 is 10.0 Å². The van der Waals surface area contributed by atoms with Crippen LogP contribution in [-0.4, -0.2) is 38.8 Å². The molecule has 0 aliphatic heterocycles. The van der Waals surface area contributed by atoms with E-state index in [1.54, 1.807) is 19.2 Å². The SMILES string of the molecule is CCOc1ccc(S(=O)(=O)N(CC(=O)N(C)c2ccc(C)c(C)c2)Cc2ccccc2)cc1. The summed E-state index contributed by atoms with van der Waals surface area (Å²) in [6, 6.07) is 21.3. The maximum absolute atomic E-state index is 13.5. The molecule has 0 fully saturated rings. The maximum Gasteiger partial charge on any atom is 0.243 e. The van der Waals surface area contributed by atoms with E-state index in [1.807, 2.05) is 69.3 Å². The Bertz CT molecular complexity index is 1190. The quantitative estimate of drug-likeness (QED) is 0.464. The number of amides is 1. The first-order valence-electron chi connectivity index (χ1n) is 10.8. The summed E-state index contributed by atoms with van der Waals surface area (Å²) in [7, 11) is -2.26. The maximum atomic E-state index is 13.5. The standard InChI is InChI=1S/C26H30N2O4S/c1-5-32-24-13-15-25(16-14-24)33(30,31)28(18-22-9-7-6-8-10-22)19-26(29)27(4)23-12-11-20(2)21(3)17-23/h6-17H,5,18-19H2,1-4H3. The van der Waals surface area contributed by atoms with Gasteiger partial charge in [-0.1, -0.05) is 36.4 Å². The number of likely N-dealkylation sites (N-methyl/N-ethyl adjacent to an activating group) is 1. The fourth-order valence-corrected chi connectivity index (χ4v) is 4.75. The third kappa shape index (κ3) is 6.00. The Morgan fingerprint density at radius 2 is 1.58 bits per heavy atom. The molecule has 0 radical (unpaired) electrons. The van der Waals surface area contributed by atoms with E-state index in [0.717, 1.165) is 22.4 Å². The molecule has 0 saturated carbocycles. The molecule has 0 aliphatic carbocycles. The summed E-state index contributed by atoms with van der Waals surface area (Å²) in [4.78, 5) is 14.8. The highest BCUT2D eigenvalue weighted by molar-refractivity contribution is 7.89. The lowest BCUT2D eigenvalue weighted by atomic mass is 10.1. The summed E-state index contributed by atoms with van der Waals surface area (Å²) in [5.74, 6) is 0.278. The molecule has 0 aromatic heterocycles. The molecule has 0 saturated heterocycles. The minimum absolute atomic E-state index is 0.0862. The molecule has 0 heterocycles. The van der Waals surface area contributed by atoms with Gasteiger partial charge in [0, 0.05) is 19.3 Å². The fraction of sp³-hybridized carbons (Fsp3) is 0.269. The second kappa shape index (κ2) is 10.6. The molecule has 7 heteroatoms. The van der Waals surface area contributed by atoms with Crippen LogP contribution in [0.25, 0.3) is 0 Å². The second-order valence-corrected chi connectivity index (χ2v) is 9.82. The molecule has 174 valence electrons. The Morgan fingerprint density at radius 1 is 0.909 bits per heavy atom. The van der Waals surface area contributed by atoms with Crippen LogP contribution >= 0.6 is 0 Å². The topological polar surface area (TPSA) is 66.9 Å². The largest absolute Gasteiger partial charge is 0.494 e. The molecular formula is C26H30N2O4S. The fourth-order valence-electron chi connectivity index (χ4n) is 3.37. The van der Waals surface area contributed by atoms with Crippen LogP contribution in [0.4, 0.5) is 5.69 Å². The third-order valence-electron chi connectivity index (χ3n) is 5.54. The lowest BCUT2D eigenvalue weighted by Crippen LogP contribution is -2.41. The molecule has 0 spiro atoms. The summed E-state index contributed by atoms with van der Waals surface area (Å²) in [5, 5.41) is 0. The lowest BCUT2D eigenvalue weighted by Gasteiger charge is -2.25. The number of anilines is 1. The van der Waals surface area contributed by atoms with E-state index in [4.69, 9.17) is 4.74 Å². The molecule has 0 N–H and O–H groups in total. The minimum Gasteiger partial charge on any atom is -0.494 e. The summed E-state index contributed by atoms with van der Waals surface area (Å²) < 4.78 is 33.7. The summed E-state index contributed by atoms with van der Waals surface area (Å²) >= 11 is 0. The monoisotopic (exact) mass is 466 g/mol. The number of aryl methyl sites for hydroxylation is 2. The van der Waals surface area contributed by atoms with Gasteiger partial charge in [0.2, 0.25) is 15.9 Å². The zero-order valence-electron chi connectivity index (χ0n) is 19.5. The molecule has 0 atom stereocenters. The number of hydrogen-bond acceptors (Lipinski definition) is 4. The number of benzene rings is 3. The molecule has 1 amide bonds. The third-order valence-corrected chi connectivity index (χ3v) is 7.34. The van der Waals surface area contributed by atoms with Crippen molar-refractivity contribution in [2.75, 3.05) is 25.1 Å². The summed E-state index contributed by atoms with van der Waals surface area (Å²) in [5.41, 5.74) is 3.72. The number of rotatable bonds is 9. The Morgan fingerprint density at radius 3 is 2.18 bits per heavy atom. The first-order chi connectivity index (χ1) is 15.7. The van der Waals surface area contributed by atoms with E-state index in [2.05, 4.69) is 0 Å². The average molecular weight is 467 g/mol. The van der Waals surface area contributed by atoms with E-state index in [0.29, 0.717) is 12.4 Å². The number of sulfonamides is 1. The Kier molecular flexibility index (Phi) is 7.89. The second-order valence-electron chi connectivity index (χ2n) is 7.88. The van der Waals surface area contributed by atoms with Gasteiger partial charge in [-0.3, -0.25) is 4.79 Å². The molecule has 3 rings (SSSR count). The van der Waals surface area contributed by atoms with Gasteiger partial charge < -0.3 is 9.64 Å². The van der Waals surface area contributed by atoms with Gasteiger partial charge in [0.05, 0.1) is 18.0 Å². The van der Waals surface area contributed by atoms with Gasteiger partial charge in [-0.2, -0.15) is 4.31 Å². The smallest absolute Gasteiger partial charge is 0.243 e. The van der Waals surface area contributed by atoms with Gasteiger partial charge in [-0.05, 0) is 73.9 Å². The van der Waals surface area contributed by atoms with Crippen molar-refractivity contribution in [2.24, 2.45) is 0 Å². The van der Waals surface area contributed by atoms with E-state index in [9.17, 15) is 13.2 Å². The summed E-state index contributed by atoms with van der Waals surface area (Å²) in [6.07, 6.45) is 0. The van der Waals surface area contributed by atoms with E-state index in [1.165, 1.54) is 21.3 Å². The number of hydrogen-bond donors (Lipinski definition) is 0. The highest BCUT2D eigenvalue weighted by Gasteiger charge is 2.28. The van der Waals surface area contributed by atoms with Crippen molar-refractivity contribution in [1.29, 1.82) is 0 Å². The van der Waals surface area contributed by atoms with Crippen LogP contribution in [0.2, 0.25) is 0 Å². The van der Waals surface area contributed by atoms with Crippen molar-refractivity contribution in [1.82, 2.24) is 4.31 Å². The highest BCUT2D eigenvalue weighted by Crippen LogP contribution is 2.23. The number of nitrogens with zero attached hydrogens (tertiary/aromatic N) is 2. The average Bonchev–Trinajstić information content (AvgIpc) is 2.81. The normalized spacial score (nSPS) is 11.4. The first kappa shape index (κ1) is 24.5. The number of ether oxygens (including phenoxy) is 1. The predicted molar refractivity (Wildman–Crippen MR) is 131 cm³/mol. The van der Waals surface area contributed by atoms with Gasteiger partial charge in [0.25, 0.3) is 0 Å². The Hall–Kier alpha value is -3.16. The molecule has 33 heavy (non-hydrogen) atoms. The highest BCUT2D eigenvalue weighted by atomic mass is 32.2. The van der Waals surface area contributed by atoms with Crippen LogP contribution in [0, 0.1) is 13.8 Å². The van der Waals surface area contributed by atoms with Crippen LogP contribution < -0.4 is 9.64 Å². The van der Waals surface area contributed by atoms with Gasteiger partial charge >= 0.3 is 0 Å². The molecule has 6 nitrogen and oxygen atoms in total. The molecule has 0 bridgehead atoms. The Balaban J connectivity index is 1.90. The van der Waals surface area contributed by atoms with Crippen molar-refractivity contribution in [3.8, 4) is 5.75 Å². The van der Waals surface area contributed by atoms with Crippen molar-refractivity contribution in [3.63, 3.8) is 0 Å². The Labute approximate surface area is 196 Å². The first-order valence-corrected chi connectivity index (χ1v) is 12.3. The van der Waals surface area contributed by atoms with Gasteiger partial charge in [-0.25, -0.2) is 8.42 Å². The molecule has 0 aliphatic rings. The molecule has 3 aromatic rings. The van der Waals surface area contributed by atoms with Gasteiger partial charge in [0.1, 0.15) is 5.75 Å². The number of carbonyl (C=O) groups excluding carboxylic acids is 1. The number of carbonyl (C=O) groups is 1. The van der Waals surface area contributed by atoms with E-state index in [-0.39, 0.29) is 23.9 Å². The van der Waals surface area contributed by atoms with Crippen molar-refractivity contribution >= 4 is 21.6 Å². The van der Waals surface area contributed by atoms with Crippen LogP contribution in [0.3, 0.4) is 0 Å². The minimum atomic E-state index is -3.93. The molecular weight excluding hydrogens is 436 g/mol. The van der Waals surface area contributed by atoms with Gasteiger partial charge in [0.15, 0.2) is 0 Å². The predicted octanol–water partition coefficient (Wildman–Crippen LogP) is 4.56. The van der Waals surface area contributed by atoms with Crippen LogP contribution in [0.1, 0.15) is 23.6 Å². The zero-order valence-corrected chi connectivity index (χ0v) is 20.3. The van der Waals surface area contributed by atoms with Crippen molar-refractivity contribution in [3.05, 3.63) is 89.5 Å².